The van der Waals surface area contributed by atoms with E-state index in [-0.39, 0.29) is 6.01 Å². The quantitative estimate of drug-likeness (QED) is 0.240. The van der Waals surface area contributed by atoms with Crippen molar-refractivity contribution < 1.29 is 19.4 Å². The third-order valence-electron chi connectivity index (χ3n) is 5.81. The molecule has 2 aromatic carbocycles. The molecule has 7 nitrogen and oxygen atoms in total. The van der Waals surface area contributed by atoms with Crippen molar-refractivity contribution in [3.63, 3.8) is 0 Å². The average molecular weight is 476 g/mol. The Hall–Kier alpha value is -3.58. The Morgan fingerprint density at radius 3 is 1.80 bits per heavy atom. The number of rotatable bonds is 11. The van der Waals surface area contributed by atoms with Gasteiger partial charge in [0.05, 0.1) is 0 Å². The molecule has 1 heterocycles. The molecule has 1 atom stereocenters. The highest BCUT2D eigenvalue weighted by molar-refractivity contribution is 5.81. The normalized spacial score (nSPS) is 11.7. The zero-order valence-electron chi connectivity index (χ0n) is 20.9. The Labute approximate surface area is 206 Å². The van der Waals surface area contributed by atoms with Crippen molar-refractivity contribution in [2.24, 2.45) is 0 Å². The van der Waals surface area contributed by atoms with Gasteiger partial charge in [-0.3, -0.25) is 0 Å². The molecule has 1 unspecified atom stereocenters. The molecule has 184 valence electrons. The van der Waals surface area contributed by atoms with Gasteiger partial charge in [-0.05, 0) is 47.9 Å². The molecule has 0 amide bonds. The van der Waals surface area contributed by atoms with Gasteiger partial charge in [0.25, 0.3) is 6.29 Å². The molecule has 7 heteroatoms. The molecule has 1 aromatic heterocycles. The van der Waals surface area contributed by atoms with Crippen LogP contribution in [0.2, 0.25) is 0 Å². The lowest BCUT2D eigenvalue weighted by Crippen LogP contribution is -2.28. The minimum absolute atomic E-state index is 0.0378. The third kappa shape index (κ3) is 6.31. The van der Waals surface area contributed by atoms with Gasteiger partial charge < -0.3 is 14.6 Å². The second-order valence-electron chi connectivity index (χ2n) is 8.03. The molecule has 3 aromatic rings. The Morgan fingerprint density at radius 2 is 1.40 bits per heavy atom. The first-order valence-corrected chi connectivity index (χ1v) is 12.1. The van der Waals surface area contributed by atoms with Crippen LogP contribution in [0.1, 0.15) is 49.9 Å². The molecule has 0 saturated heterocycles. The number of nitrogens with zero attached hydrogens (tertiary/aromatic N) is 3. The van der Waals surface area contributed by atoms with Crippen LogP contribution < -0.4 is 4.74 Å². The lowest BCUT2D eigenvalue weighted by molar-refractivity contribution is -0.163. The van der Waals surface area contributed by atoms with Gasteiger partial charge in [0.1, 0.15) is 6.61 Å². The van der Waals surface area contributed by atoms with Crippen molar-refractivity contribution in [2.45, 2.75) is 59.7 Å². The van der Waals surface area contributed by atoms with Crippen molar-refractivity contribution in [3.05, 3.63) is 71.3 Å². The van der Waals surface area contributed by atoms with E-state index in [9.17, 15) is 9.90 Å². The van der Waals surface area contributed by atoms with Gasteiger partial charge in [-0.1, -0.05) is 70.7 Å². The highest BCUT2D eigenvalue weighted by atomic mass is 16.7. The molecule has 0 bridgehead atoms. The standard InChI is InChI=1S/C28H33N3O4/c1-6-18-11-13-22(20(8-3)15-18)26-29-27(23-14-12-19(7-2)16-21(23)9-4)31-28(30-26)35-25(17-32)34-24(33)10-5/h10-16,25,32H,5-9,17H2,1-4H3. The lowest BCUT2D eigenvalue weighted by Gasteiger charge is -2.17. The van der Waals surface area contributed by atoms with Gasteiger partial charge in [0.2, 0.25) is 0 Å². The SMILES string of the molecule is C=CC(=O)OC(CO)Oc1nc(-c2ccc(CC)cc2CC)nc(-c2ccc(CC)cc2CC)n1. The van der Waals surface area contributed by atoms with Crippen LogP contribution in [0.25, 0.3) is 22.8 Å². The summed E-state index contributed by atoms with van der Waals surface area (Å²) >= 11 is 0. The number of aliphatic hydroxyl groups excluding tert-OH is 1. The summed E-state index contributed by atoms with van der Waals surface area (Å²) in [7, 11) is 0. The maximum absolute atomic E-state index is 11.7. The molecular weight excluding hydrogens is 442 g/mol. The van der Waals surface area contributed by atoms with Crippen LogP contribution in [0.5, 0.6) is 6.01 Å². The molecule has 35 heavy (non-hydrogen) atoms. The Bertz CT molecular complexity index is 1120. The number of carbonyl (C=O) groups is 1. The third-order valence-corrected chi connectivity index (χ3v) is 5.81. The van der Waals surface area contributed by atoms with Gasteiger partial charge in [0.15, 0.2) is 11.6 Å². The minimum atomic E-state index is -1.27. The number of aliphatic hydroxyl groups is 1. The molecule has 0 aliphatic carbocycles. The summed E-state index contributed by atoms with van der Waals surface area (Å²) < 4.78 is 10.8. The van der Waals surface area contributed by atoms with E-state index in [4.69, 9.17) is 14.5 Å². The van der Waals surface area contributed by atoms with Gasteiger partial charge in [0, 0.05) is 17.2 Å². The Kier molecular flexibility index (Phi) is 9.09. The van der Waals surface area contributed by atoms with Crippen LogP contribution >= 0.6 is 0 Å². The first-order valence-electron chi connectivity index (χ1n) is 12.1. The molecule has 0 aliphatic heterocycles. The second-order valence-corrected chi connectivity index (χ2v) is 8.03. The molecule has 0 fully saturated rings. The van der Waals surface area contributed by atoms with E-state index in [0.29, 0.717) is 11.6 Å². The van der Waals surface area contributed by atoms with E-state index in [1.807, 2.05) is 12.1 Å². The van der Waals surface area contributed by atoms with E-state index in [0.717, 1.165) is 54.0 Å². The zero-order valence-corrected chi connectivity index (χ0v) is 20.9. The number of aromatic nitrogens is 3. The number of benzene rings is 2. The van der Waals surface area contributed by atoms with Gasteiger partial charge >= 0.3 is 12.0 Å². The second kappa shape index (κ2) is 12.2. The summed E-state index contributed by atoms with van der Waals surface area (Å²) in [6.07, 6.45) is 3.21. The number of carbonyl (C=O) groups excluding carboxylic acids is 1. The largest absolute Gasteiger partial charge is 0.420 e. The summed E-state index contributed by atoms with van der Waals surface area (Å²) in [6.45, 7) is 11.2. The van der Waals surface area contributed by atoms with Crippen molar-refractivity contribution in [1.29, 1.82) is 0 Å². The molecule has 0 saturated carbocycles. The fourth-order valence-electron chi connectivity index (χ4n) is 3.80. The Morgan fingerprint density at radius 1 is 0.886 bits per heavy atom. The molecule has 3 rings (SSSR count). The van der Waals surface area contributed by atoms with Crippen molar-refractivity contribution >= 4 is 5.97 Å². The van der Waals surface area contributed by atoms with E-state index in [1.54, 1.807) is 0 Å². The zero-order chi connectivity index (χ0) is 25.4. The summed E-state index contributed by atoms with van der Waals surface area (Å²) in [4.78, 5) is 25.5. The summed E-state index contributed by atoms with van der Waals surface area (Å²) in [5.41, 5.74) is 6.45. The number of esters is 1. The summed E-state index contributed by atoms with van der Waals surface area (Å²) in [5.74, 6) is 0.195. The van der Waals surface area contributed by atoms with Crippen LogP contribution in [0.15, 0.2) is 49.1 Å². The van der Waals surface area contributed by atoms with Crippen LogP contribution in [-0.2, 0) is 35.2 Å². The predicted molar refractivity (Wildman–Crippen MR) is 136 cm³/mol. The average Bonchev–Trinajstić information content (AvgIpc) is 2.91. The van der Waals surface area contributed by atoms with Gasteiger partial charge in [-0.2, -0.15) is 9.97 Å². The van der Waals surface area contributed by atoms with Crippen LogP contribution in [0.3, 0.4) is 0 Å². The Balaban J connectivity index is 2.17. The van der Waals surface area contributed by atoms with Crippen molar-refractivity contribution in [1.82, 2.24) is 15.0 Å². The topological polar surface area (TPSA) is 94.4 Å². The monoisotopic (exact) mass is 475 g/mol. The maximum Gasteiger partial charge on any atom is 0.333 e. The molecule has 0 aliphatic rings. The van der Waals surface area contributed by atoms with E-state index < -0.39 is 18.9 Å². The minimum Gasteiger partial charge on any atom is -0.420 e. The van der Waals surface area contributed by atoms with E-state index >= 15 is 0 Å². The van der Waals surface area contributed by atoms with E-state index in [2.05, 4.69) is 68.5 Å². The van der Waals surface area contributed by atoms with Gasteiger partial charge in [-0.25, -0.2) is 9.78 Å². The predicted octanol–water partition coefficient (Wildman–Crippen LogP) is 4.88. The van der Waals surface area contributed by atoms with Crippen LogP contribution in [-0.4, -0.2) is 38.9 Å². The molecule has 1 N–H and O–H groups in total. The van der Waals surface area contributed by atoms with Gasteiger partial charge in [-0.15, -0.1) is 0 Å². The fourth-order valence-corrected chi connectivity index (χ4v) is 3.80. The summed E-state index contributed by atoms with van der Waals surface area (Å²) in [5, 5.41) is 9.68. The smallest absolute Gasteiger partial charge is 0.333 e. The number of hydrogen-bond donors (Lipinski definition) is 1. The fraction of sp³-hybridized carbons (Fsp3) is 0.357. The maximum atomic E-state index is 11.7. The highest BCUT2D eigenvalue weighted by Crippen LogP contribution is 2.29. The first-order chi connectivity index (χ1) is 17.0. The lowest BCUT2D eigenvalue weighted by atomic mass is 9.99. The number of aryl methyl sites for hydroxylation is 4. The molecule has 0 spiro atoms. The van der Waals surface area contributed by atoms with E-state index in [1.165, 1.54) is 11.1 Å². The van der Waals surface area contributed by atoms with Crippen molar-refractivity contribution in [3.8, 4) is 28.8 Å². The summed E-state index contributed by atoms with van der Waals surface area (Å²) in [6, 6.07) is 12.4. The molecule has 0 radical (unpaired) electrons. The highest BCUT2D eigenvalue weighted by Gasteiger charge is 2.20. The number of hydrogen-bond acceptors (Lipinski definition) is 7. The number of ether oxygens (including phenoxy) is 2. The van der Waals surface area contributed by atoms with Crippen molar-refractivity contribution in [2.75, 3.05) is 6.61 Å². The van der Waals surface area contributed by atoms with Crippen LogP contribution in [0.4, 0.5) is 0 Å². The first kappa shape index (κ1) is 26.0. The molecular formula is C28H33N3O4. The van der Waals surface area contributed by atoms with Crippen LogP contribution in [0, 0.1) is 0 Å².